The Hall–Kier alpha value is 0.1000. The Morgan fingerprint density at radius 2 is 2.07 bits per heavy atom. The molecular weight excluding hydrogens is 272 g/mol. The molecule has 1 heterocycles. The molecule has 1 aromatic rings. The molecule has 86 valence electrons. The molecule has 0 saturated carbocycles. The summed E-state index contributed by atoms with van der Waals surface area (Å²) in [7, 11) is 2.00. The van der Waals surface area contributed by atoms with Crippen molar-refractivity contribution in [3.8, 4) is 0 Å². The third kappa shape index (κ3) is 6.30. The maximum atomic E-state index is 3.47. The maximum Gasteiger partial charge on any atom is 0.0285 e. The Morgan fingerprint density at radius 1 is 1.27 bits per heavy atom. The average Bonchev–Trinajstić information content (AvgIpc) is 2.63. The molecule has 2 nitrogen and oxygen atoms in total. The monoisotopic (exact) mass is 290 g/mol. The molecule has 1 aromatic heterocycles. The van der Waals surface area contributed by atoms with Crippen molar-refractivity contribution in [1.29, 1.82) is 0 Å². The lowest BCUT2D eigenvalue weighted by atomic mass is 10.3. The van der Waals surface area contributed by atoms with E-state index in [1.807, 2.05) is 18.4 Å². The minimum absolute atomic E-state index is 1.09. The normalized spacial score (nSPS) is 10.8. The van der Waals surface area contributed by atoms with Crippen LogP contribution in [0.3, 0.4) is 0 Å². The molecule has 0 bridgehead atoms. The summed E-state index contributed by atoms with van der Waals surface area (Å²) >= 11 is 5.29. The fourth-order valence-electron chi connectivity index (χ4n) is 1.37. The van der Waals surface area contributed by atoms with Crippen LogP contribution in [-0.2, 0) is 6.42 Å². The van der Waals surface area contributed by atoms with Gasteiger partial charge in [-0.1, -0.05) is 0 Å². The second-order valence-electron chi connectivity index (χ2n) is 3.54. The molecule has 15 heavy (non-hydrogen) atoms. The highest BCUT2D eigenvalue weighted by Gasteiger charge is 1.96. The lowest BCUT2D eigenvalue weighted by Gasteiger charge is -2.03. The van der Waals surface area contributed by atoms with Gasteiger partial charge in [0.15, 0.2) is 0 Å². The largest absolute Gasteiger partial charge is 0.320 e. The van der Waals surface area contributed by atoms with E-state index >= 15 is 0 Å². The molecule has 0 aromatic carbocycles. The summed E-state index contributed by atoms with van der Waals surface area (Å²) in [6.07, 6.45) is 3.66. The van der Waals surface area contributed by atoms with Gasteiger partial charge in [-0.3, -0.25) is 0 Å². The molecule has 0 radical (unpaired) electrons. The van der Waals surface area contributed by atoms with Crippen LogP contribution in [-0.4, -0.2) is 26.7 Å². The zero-order chi connectivity index (χ0) is 10.9. The molecule has 0 amide bonds. The number of hydrogen-bond donors (Lipinski definition) is 2. The zero-order valence-electron chi connectivity index (χ0n) is 9.18. The van der Waals surface area contributed by atoms with E-state index in [0.29, 0.717) is 0 Å². The van der Waals surface area contributed by atoms with Crippen LogP contribution in [0, 0.1) is 0 Å². The molecule has 2 N–H and O–H groups in total. The van der Waals surface area contributed by atoms with Crippen LogP contribution in [0.4, 0.5) is 0 Å². The summed E-state index contributed by atoms with van der Waals surface area (Å²) in [6, 6.07) is 2.20. The summed E-state index contributed by atoms with van der Waals surface area (Å²) in [4.78, 5) is 1.45. The van der Waals surface area contributed by atoms with E-state index in [4.69, 9.17) is 0 Å². The van der Waals surface area contributed by atoms with E-state index in [0.717, 1.165) is 26.1 Å². The Bertz CT molecular complexity index is 263. The standard InChI is InChI=1S/C11H19BrN2S/c1-13-5-2-3-6-14-7-4-11-8-10(12)9-15-11/h8-9,13-14H,2-7H2,1H3. The second-order valence-corrected chi connectivity index (χ2v) is 5.45. The Morgan fingerprint density at radius 3 is 2.73 bits per heavy atom. The summed E-state index contributed by atoms with van der Waals surface area (Å²) in [5, 5.41) is 8.76. The Labute approximate surface area is 105 Å². The molecule has 0 saturated heterocycles. The predicted octanol–water partition coefficient (Wildman–Crippen LogP) is 2.64. The molecule has 0 atom stereocenters. The molecule has 0 aliphatic carbocycles. The average molecular weight is 291 g/mol. The van der Waals surface area contributed by atoms with E-state index in [2.05, 4.69) is 38.0 Å². The van der Waals surface area contributed by atoms with Crippen molar-refractivity contribution < 1.29 is 0 Å². The van der Waals surface area contributed by atoms with Crippen molar-refractivity contribution in [1.82, 2.24) is 10.6 Å². The number of thiophene rings is 1. The SMILES string of the molecule is CNCCCCNCCc1cc(Br)cs1. The maximum absolute atomic E-state index is 3.47. The number of halogens is 1. The van der Waals surface area contributed by atoms with Gasteiger partial charge in [-0.05, 0) is 67.9 Å². The summed E-state index contributed by atoms with van der Waals surface area (Å²) in [5.74, 6) is 0. The summed E-state index contributed by atoms with van der Waals surface area (Å²) < 4.78 is 1.21. The molecule has 0 unspecified atom stereocenters. The van der Waals surface area contributed by atoms with E-state index in [9.17, 15) is 0 Å². The quantitative estimate of drug-likeness (QED) is 0.720. The van der Waals surface area contributed by atoms with Crippen molar-refractivity contribution >= 4 is 27.3 Å². The van der Waals surface area contributed by atoms with Crippen LogP contribution in [0.5, 0.6) is 0 Å². The lowest BCUT2D eigenvalue weighted by molar-refractivity contribution is 0.607. The first-order valence-corrected chi connectivity index (χ1v) is 7.08. The van der Waals surface area contributed by atoms with E-state index in [1.54, 1.807) is 0 Å². The van der Waals surface area contributed by atoms with Gasteiger partial charge < -0.3 is 10.6 Å². The van der Waals surface area contributed by atoms with Crippen LogP contribution < -0.4 is 10.6 Å². The van der Waals surface area contributed by atoms with Gasteiger partial charge >= 0.3 is 0 Å². The molecule has 0 aliphatic heterocycles. The van der Waals surface area contributed by atoms with Crippen molar-refractivity contribution in [2.75, 3.05) is 26.7 Å². The fraction of sp³-hybridized carbons (Fsp3) is 0.636. The molecule has 0 spiro atoms. The first kappa shape index (κ1) is 13.2. The minimum atomic E-state index is 1.09. The fourth-order valence-corrected chi connectivity index (χ4v) is 2.83. The molecular formula is C11H19BrN2S. The van der Waals surface area contributed by atoms with Crippen LogP contribution in [0.1, 0.15) is 17.7 Å². The van der Waals surface area contributed by atoms with Crippen LogP contribution in [0.15, 0.2) is 15.9 Å². The molecule has 4 heteroatoms. The summed E-state index contributed by atoms with van der Waals surface area (Å²) in [5.41, 5.74) is 0. The third-order valence-corrected chi connectivity index (χ3v) is 3.96. The van der Waals surface area contributed by atoms with Crippen molar-refractivity contribution in [3.05, 3.63) is 20.8 Å². The van der Waals surface area contributed by atoms with Crippen LogP contribution >= 0.6 is 27.3 Å². The van der Waals surface area contributed by atoms with Gasteiger partial charge in [-0.25, -0.2) is 0 Å². The highest BCUT2D eigenvalue weighted by molar-refractivity contribution is 9.10. The number of unbranched alkanes of at least 4 members (excludes halogenated alkanes) is 1. The Balaban J connectivity index is 1.93. The first-order valence-electron chi connectivity index (χ1n) is 5.41. The predicted molar refractivity (Wildman–Crippen MR) is 71.8 cm³/mol. The first-order chi connectivity index (χ1) is 7.33. The van der Waals surface area contributed by atoms with Gasteiger partial charge in [0, 0.05) is 14.7 Å². The van der Waals surface area contributed by atoms with Gasteiger partial charge in [0.2, 0.25) is 0 Å². The van der Waals surface area contributed by atoms with E-state index in [1.165, 1.54) is 22.2 Å². The van der Waals surface area contributed by atoms with Gasteiger partial charge in [-0.15, -0.1) is 11.3 Å². The van der Waals surface area contributed by atoms with Crippen molar-refractivity contribution in [2.45, 2.75) is 19.3 Å². The number of rotatable bonds is 8. The minimum Gasteiger partial charge on any atom is -0.320 e. The molecule has 1 rings (SSSR count). The third-order valence-electron chi connectivity index (χ3n) is 2.20. The number of hydrogen-bond acceptors (Lipinski definition) is 3. The summed E-state index contributed by atoms with van der Waals surface area (Å²) in [6.45, 7) is 3.35. The van der Waals surface area contributed by atoms with Gasteiger partial charge in [0.1, 0.15) is 0 Å². The van der Waals surface area contributed by atoms with Crippen molar-refractivity contribution in [2.24, 2.45) is 0 Å². The zero-order valence-corrected chi connectivity index (χ0v) is 11.6. The Kier molecular flexibility index (Phi) is 7.26. The van der Waals surface area contributed by atoms with E-state index in [-0.39, 0.29) is 0 Å². The molecule has 0 aliphatic rings. The smallest absolute Gasteiger partial charge is 0.0285 e. The molecule has 0 fully saturated rings. The van der Waals surface area contributed by atoms with Gasteiger partial charge in [0.25, 0.3) is 0 Å². The van der Waals surface area contributed by atoms with Gasteiger partial charge in [-0.2, -0.15) is 0 Å². The van der Waals surface area contributed by atoms with Gasteiger partial charge in [0.05, 0.1) is 0 Å². The van der Waals surface area contributed by atoms with E-state index < -0.39 is 0 Å². The number of nitrogens with one attached hydrogen (secondary N) is 2. The van der Waals surface area contributed by atoms with Crippen LogP contribution in [0.2, 0.25) is 0 Å². The highest BCUT2D eigenvalue weighted by Crippen LogP contribution is 2.19. The van der Waals surface area contributed by atoms with Crippen molar-refractivity contribution in [3.63, 3.8) is 0 Å². The van der Waals surface area contributed by atoms with Crippen LogP contribution in [0.25, 0.3) is 0 Å². The lowest BCUT2D eigenvalue weighted by Crippen LogP contribution is -2.19. The second kappa shape index (κ2) is 8.28. The highest BCUT2D eigenvalue weighted by atomic mass is 79.9. The topological polar surface area (TPSA) is 24.1 Å².